The molecule has 3 N–H and O–H groups in total. The van der Waals surface area contributed by atoms with Crippen molar-refractivity contribution in [1.82, 2.24) is 19.7 Å². The molecule has 4 heterocycles. The maximum atomic E-state index is 12.8. The van der Waals surface area contributed by atoms with Crippen LogP contribution in [0.4, 0.5) is 10.5 Å². The Kier molecular flexibility index (Phi) is 6.25. The lowest BCUT2D eigenvalue weighted by Gasteiger charge is -2.38. The number of carbonyl (C=O) groups is 2. The Bertz CT molecular complexity index is 1410. The van der Waals surface area contributed by atoms with Crippen molar-refractivity contribution in [2.75, 3.05) is 37.6 Å². The van der Waals surface area contributed by atoms with E-state index in [4.69, 9.17) is 0 Å². The van der Waals surface area contributed by atoms with E-state index < -0.39 is 0 Å². The first kappa shape index (κ1) is 26.4. The maximum absolute atomic E-state index is 12.8. The lowest BCUT2D eigenvalue weighted by Crippen LogP contribution is -2.47. The Labute approximate surface area is 247 Å². The predicted molar refractivity (Wildman–Crippen MR) is 159 cm³/mol. The molecule has 3 amide bonds. The largest absolute Gasteiger partial charge is 0.494 e. The fourth-order valence-corrected chi connectivity index (χ4v) is 9.91. The molecule has 1 aromatic carbocycles. The van der Waals surface area contributed by atoms with Crippen LogP contribution in [0.5, 0.6) is 11.8 Å². The predicted octanol–water partition coefficient (Wildman–Crippen LogP) is 3.98. The van der Waals surface area contributed by atoms with Crippen molar-refractivity contribution in [2.45, 2.75) is 82.3 Å². The quantitative estimate of drug-likeness (QED) is 0.485. The summed E-state index contributed by atoms with van der Waals surface area (Å²) in [5.41, 5.74) is 4.10. The van der Waals surface area contributed by atoms with Crippen LogP contribution in [0.3, 0.4) is 0 Å². The van der Waals surface area contributed by atoms with E-state index in [2.05, 4.69) is 34.2 Å². The number of hydrogen-bond donors (Lipinski definition) is 3. The summed E-state index contributed by atoms with van der Waals surface area (Å²) in [4.78, 5) is 31.9. The van der Waals surface area contributed by atoms with Crippen LogP contribution >= 0.6 is 0 Å². The highest BCUT2D eigenvalue weighted by molar-refractivity contribution is 6.01. The zero-order chi connectivity index (χ0) is 28.7. The van der Waals surface area contributed by atoms with E-state index in [0.29, 0.717) is 37.9 Å². The first-order valence-corrected chi connectivity index (χ1v) is 16.2. The number of urea groups is 1. The third kappa shape index (κ3) is 3.91. The fourth-order valence-electron chi connectivity index (χ4n) is 9.91. The molecular formula is C33H43N5O4. The van der Waals surface area contributed by atoms with E-state index in [0.717, 1.165) is 67.7 Å². The average molecular weight is 574 g/mol. The van der Waals surface area contributed by atoms with Gasteiger partial charge in [-0.3, -0.25) is 9.36 Å². The molecule has 3 aliphatic carbocycles. The third-order valence-electron chi connectivity index (χ3n) is 11.9. The van der Waals surface area contributed by atoms with Crippen LogP contribution in [0, 0.1) is 17.8 Å². The normalized spacial score (nSPS) is 32.7. The Morgan fingerprint density at radius 1 is 0.905 bits per heavy atom. The van der Waals surface area contributed by atoms with Gasteiger partial charge in [0.15, 0.2) is 11.8 Å². The number of piperidine rings is 1. The van der Waals surface area contributed by atoms with Crippen LogP contribution in [0.25, 0.3) is 0 Å². The molecule has 1 aromatic heterocycles. The van der Waals surface area contributed by atoms with Crippen molar-refractivity contribution in [3.8, 4) is 11.8 Å². The van der Waals surface area contributed by atoms with Gasteiger partial charge in [-0.2, -0.15) is 0 Å². The van der Waals surface area contributed by atoms with Crippen LogP contribution in [-0.4, -0.2) is 81.3 Å². The summed E-state index contributed by atoms with van der Waals surface area (Å²) < 4.78 is 1.80. The summed E-state index contributed by atoms with van der Waals surface area (Å²) in [7, 11) is 0. The Morgan fingerprint density at radius 2 is 1.62 bits per heavy atom. The number of rotatable bonds is 6. The second kappa shape index (κ2) is 9.93. The minimum Gasteiger partial charge on any atom is -0.494 e. The Morgan fingerprint density at radius 3 is 2.36 bits per heavy atom. The second-order valence-electron chi connectivity index (χ2n) is 13.9. The van der Waals surface area contributed by atoms with Crippen molar-refractivity contribution >= 4 is 17.6 Å². The molecular weight excluding hydrogens is 530 g/mol. The molecule has 6 aliphatic rings. The van der Waals surface area contributed by atoms with Crippen LogP contribution < -0.4 is 10.2 Å². The number of nitrogens with zero attached hydrogens (tertiary/aromatic N) is 4. The molecule has 4 unspecified atom stereocenters. The van der Waals surface area contributed by atoms with Gasteiger partial charge in [0.2, 0.25) is 5.91 Å². The van der Waals surface area contributed by atoms with Gasteiger partial charge < -0.3 is 30.2 Å². The number of carbonyl (C=O) groups excluding carboxylic acids is 2. The second-order valence-corrected chi connectivity index (χ2v) is 13.9. The van der Waals surface area contributed by atoms with Crippen molar-refractivity contribution in [3.63, 3.8) is 0 Å². The maximum Gasteiger partial charge on any atom is 0.317 e. The highest BCUT2D eigenvalue weighted by atomic mass is 16.3. The van der Waals surface area contributed by atoms with Gasteiger partial charge in [0.05, 0.1) is 6.42 Å². The number of fused-ring (bicyclic) bond motifs is 6. The van der Waals surface area contributed by atoms with Crippen LogP contribution in [0.1, 0.15) is 74.0 Å². The Hall–Kier alpha value is -3.20. The van der Waals surface area contributed by atoms with Gasteiger partial charge >= 0.3 is 6.03 Å². The number of nitrogens with one attached hydrogen (secondary N) is 1. The molecule has 9 nitrogen and oxygen atoms in total. The van der Waals surface area contributed by atoms with Crippen LogP contribution in [-0.2, 0) is 17.8 Å². The van der Waals surface area contributed by atoms with Crippen molar-refractivity contribution in [1.29, 1.82) is 0 Å². The van der Waals surface area contributed by atoms with E-state index in [1.807, 2.05) is 17.0 Å². The van der Waals surface area contributed by atoms with E-state index in [-0.39, 0.29) is 53.5 Å². The van der Waals surface area contributed by atoms with E-state index >= 15 is 0 Å². The summed E-state index contributed by atoms with van der Waals surface area (Å²) in [6, 6.07) is 8.58. The molecule has 0 spiro atoms. The van der Waals surface area contributed by atoms with Crippen molar-refractivity contribution in [3.05, 3.63) is 41.0 Å². The lowest BCUT2D eigenvalue weighted by atomic mass is 9.82. The van der Waals surface area contributed by atoms with E-state index in [1.165, 1.54) is 12.8 Å². The molecule has 2 aromatic rings. The number of aromatic nitrogens is 1. The van der Waals surface area contributed by atoms with Crippen LogP contribution in [0.15, 0.2) is 24.3 Å². The molecule has 2 bridgehead atoms. The zero-order valence-electron chi connectivity index (χ0n) is 24.5. The monoisotopic (exact) mass is 573 g/mol. The molecule has 2 saturated heterocycles. The van der Waals surface area contributed by atoms with Gasteiger partial charge in [0.25, 0.3) is 0 Å². The summed E-state index contributed by atoms with van der Waals surface area (Å²) >= 11 is 0. The van der Waals surface area contributed by atoms with Gasteiger partial charge in [-0.1, -0.05) is 31.5 Å². The molecule has 42 heavy (non-hydrogen) atoms. The number of para-hydroxylation sites is 1. The van der Waals surface area contributed by atoms with Gasteiger partial charge in [-0.05, 0) is 67.4 Å². The minimum absolute atomic E-state index is 0.00114. The van der Waals surface area contributed by atoms with Gasteiger partial charge in [-0.15, -0.1) is 0 Å². The number of aromatic hydroxyl groups is 2. The standard InChI is InChI=1S/C33H43N5O4/c1-19-24-16-25(30(19)36-14-11-34-33(36)42)29-28(24)31(40)37(32(29)41)18-22-7-4-6-21(22)17-35-12-9-23(10-13-35)38-26-8-3-2-5-20(26)15-27(38)39/h2-3,5,8,19,21-25,30,40-41H,4,6-7,9-18H2,1H3,(H,34,42)/t19?,21-,22-,24?,25?,30?/m1/s1. The molecule has 8 rings (SSSR count). The number of anilines is 1. The number of benzene rings is 1. The van der Waals surface area contributed by atoms with Crippen molar-refractivity contribution < 1.29 is 19.8 Å². The van der Waals surface area contributed by atoms with Gasteiger partial charge in [-0.25, -0.2) is 4.79 Å². The number of amides is 3. The fraction of sp³-hybridized carbons (Fsp3) is 0.636. The Balaban J connectivity index is 0.937. The van der Waals surface area contributed by atoms with E-state index in [9.17, 15) is 19.8 Å². The molecule has 6 atom stereocenters. The summed E-state index contributed by atoms with van der Waals surface area (Å²) in [5.74, 6) is 2.21. The highest BCUT2D eigenvalue weighted by Crippen LogP contribution is 2.63. The molecule has 0 radical (unpaired) electrons. The van der Waals surface area contributed by atoms with Crippen molar-refractivity contribution in [2.24, 2.45) is 17.8 Å². The molecule has 3 aliphatic heterocycles. The number of hydrogen-bond acceptors (Lipinski definition) is 5. The van der Waals surface area contributed by atoms with Gasteiger partial charge in [0.1, 0.15) is 0 Å². The molecule has 224 valence electrons. The molecule has 4 fully saturated rings. The lowest BCUT2D eigenvalue weighted by molar-refractivity contribution is -0.118. The summed E-state index contributed by atoms with van der Waals surface area (Å²) in [5, 5.41) is 25.9. The molecule has 2 saturated carbocycles. The average Bonchev–Trinajstić information content (AvgIpc) is 3.82. The first-order chi connectivity index (χ1) is 20.4. The third-order valence-corrected chi connectivity index (χ3v) is 11.9. The zero-order valence-corrected chi connectivity index (χ0v) is 24.5. The summed E-state index contributed by atoms with van der Waals surface area (Å²) in [6.07, 6.45) is 6.90. The minimum atomic E-state index is -0.00114. The number of likely N-dealkylation sites (tertiary alicyclic amines) is 1. The molecule has 9 heteroatoms. The summed E-state index contributed by atoms with van der Waals surface area (Å²) in [6.45, 7) is 7.28. The SMILES string of the molecule is CC1C2CC(c3c2c(O)n(C[C@H]2CCC[C@@H]2CN2CCC(N4C(=O)Cc5ccccc54)CC2)c3O)C1N1CCNC1=O. The van der Waals surface area contributed by atoms with Crippen LogP contribution in [0.2, 0.25) is 0 Å². The highest BCUT2D eigenvalue weighted by Gasteiger charge is 2.56. The topological polar surface area (TPSA) is 101 Å². The first-order valence-electron chi connectivity index (χ1n) is 16.2. The van der Waals surface area contributed by atoms with E-state index in [1.54, 1.807) is 4.57 Å². The smallest absolute Gasteiger partial charge is 0.317 e. The van der Waals surface area contributed by atoms with Gasteiger partial charge in [0, 0.05) is 74.1 Å².